The Morgan fingerprint density at radius 2 is 1.73 bits per heavy atom. The molecule has 0 N–H and O–H groups in total. The molecule has 214 valence electrons. The van der Waals surface area contributed by atoms with E-state index in [-0.39, 0.29) is 17.5 Å². The summed E-state index contributed by atoms with van der Waals surface area (Å²) in [6.07, 6.45) is 14.0. The summed E-state index contributed by atoms with van der Waals surface area (Å²) >= 11 is 0. The molecular weight excluding hydrogens is 510 g/mol. The van der Waals surface area contributed by atoms with Gasteiger partial charge >= 0.3 is 0 Å². The van der Waals surface area contributed by atoms with Crippen molar-refractivity contribution in [3.8, 4) is 0 Å². The van der Waals surface area contributed by atoms with Crippen LogP contribution >= 0.6 is 0 Å². The van der Waals surface area contributed by atoms with E-state index < -0.39 is 0 Å². The molecular formula is C33H41N7O. The Balaban J connectivity index is 1.36. The SMILES string of the molecule is Cc1cc(CN(Cc2cn(C(C)C)c3cc(N4CCCC4)ccc3c2=O)C2CCCN(c3cncnc3)C2)ccn1. The Morgan fingerprint density at radius 1 is 0.951 bits per heavy atom. The molecule has 2 fully saturated rings. The van der Waals surface area contributed by atoms with E-state index in [1.165, 1.54) is 24.1 Å². The van der Waals surface area contributed by atoms with Crippen LogP contribution in [-0.4, -0.2) is 56.6 Å². The van der Waals surface area contributed by atoms with Crippen LogP contribution in [0.2, 0.25) is 0 Å². The molecule has 1 unspecified atom stereocenters. The van der Waals surface area contributed by atoms with E-state index in [9.17, 15) is 4.79 Å². The Kier molecular flexibility index (Phi) is 8.01. The van der Waals surface area contributed by atoms with Crippen molar-refractivity contribution in [3.05, 3.63) is 88.5 Å². The summed E-state index contributed by atoms with van der Waals surface area (Å²) in [7, 11) is 0. The Hall–Kier alpha value is -3.78. The average molecular weight is 552 g/mol. The minimum Gasteiger partial charge on any atom is -0.371 e. The Morgan fingerprint density at radius 3 is 2.49 bits per heavy atom. The third kappa shape index (κ3) is 5.98. The summed E-state index contributed by atoms with van der Waals surface area (Å²) < 4.78 is 2.30. The second-order valence-corrected chi connectivity index (χ2v) is 11.9. The maximum atomic E-state index is 14.1. The van der Waals surface area contributed by atoms with E-state index in [1.807, 2.05) is 25.5 Å². The molecule has 8 heteroatoms. The number of aromatic nitrogens is 4. The van der Waals surface area contributed by atoms with Crippen LogP contribution in [0.25, 0.3) is 10.9 Å². The molecule has 0 amide bonds. The Bertz CT molecular complexity index is 1540. The summed E-state index contributed by atoms with van der Waals surface area (Å²) in [6.45, 7) is 11.8. The van der Waals surface area contributed by atoms with Gasteiger partial charge in [-0.2, -0.15) is 0 Å². The predicted molar refractivity (Wildman–Crippen MR) is 166 cm³/mol. The second-order valence-electron chi connectivity index (χ2n) is 11.9. The highest BCUT2D eigenvalue weighted by Gasteiger charge is 2.27. The minimum absolute atomic E-state index is 0.143. The van der Waals surface area contributed by atoms with Crippen LogP contribution in [0, 0.1) is 6.92 Å². The lowest BCUT2D eigenvalue weighted by molar-refractivity contribution is 0.158. The molecule has 6 rings (SSSR count). The summed E-state index contributed by atoms with van der Waals surface area (Å²) in [6, 6.07) is 11.2. The normalized spacial score (nSPS) is 17.7. The number of piperidine rings is 1. The maximum absolute atomic E-state index is 14.1. The largest absolute Gasteiger partial charge is 0.371 e. The van der Waals surface area contributed by atoms with Gasteiger partial charge in [0.25, 0.3) is 0 Å². The number of rotatable bonds is 8. The number of aryl methyl sites for hydroxylation is 1. The third-order valence-electron chi connectivity index (χ3n) is 8.66. The van der Waals surface area contributed by atoms with Gasteiger partial charge in [-0.1, -0.05) is 0 Å². The van der Waals surface area contributed by atoms with Gasteiger partial charge in [0.05, 0.1) is 23.6 Å². The van der Waals surface area contributed by atoms with Crippen LogP contribution in [0.15, 0.2) is 66.2 Å². The predicted octanol–water partition coefficient (Wildman–Crippen LogP) is 5.35. The highest BCUT2D eigenvalue weighted by molar-refractivity contribution is 5.83. The molecule has 3 aromatic heterocycles. The number of benzene rings is 1. The van der Waals surface area contributed by atoms with Gasteiger partial charge < -0.3 is 14.4 Å². The monoisotopic (exact) mass is 551 g/mol. The zero-order chi connectivity index (χ0) is 28.3. The number of hydrogen-bond donors (Lipinski definition) is 0. The van der Waals surface area contributed by atoms with Gasteiger partial charge in [0.1, 0.15) is 6.33 Å². The first-order chi connectivity index (χ1) is 20.0. The lowest BCUT2D eigenvalue weighted by atomic mass is 10.0. The van der Waals surface area contributed by atoms with Crippen molar-refractivity contribution in [1.29, 1.82) is 0 Å². The zero-order valence-corrected chi connectivity index (χ0v) is 24.5. The van der Waals surface area contributed by atoms with Crippen molar-refractivity contribution in [2.24, 2.45) is 0 Å². The molecule has 0 spiro atoms. The molecule has 1 atom stereocenters. The quantitative estimate of drug-likeness (QED) is 0.292. The van der Waals surface area contributed by atoms with Crippen LogP contribution in [0.1, 0.15) is 62.4 Å². The summed E-state index contributed by atoms with van der Waals surface area (Å²) in [5.74, 6) is 0. The summed E-state index contributed by atoms with van der Waals surface area (Å²) in [5, 5.41) is 0.811. The molecule has 0 radical (unpaired) electrons. The van der Waals surface area contributed by atoms with Crippen molar-refractivity contribution in [2.45, 2.75) is 71.6 Å². The number of anilines is 2. The van der Waals surface area contributed by atoms with Crippen LogP contribution in [0.3, 0.4) is 0 Å². The van der Waals surface area contributed by atoms with E-state index in [4.69, 9.17) is 0 Å². The van der Waals surface area contributed by atoms with Crippen molar-refractivity contribution in [3.63, 3.8) is 0 Å². The van der Waals surface area contributed by atoms with E-state index in [0.29, 0.717) is 6.54 Å². The topological polar surface area (TPSA) is 70.4 Å². The third-order valence-corrected chi connectivity index (χ3v) is 8.66. The standard InChI is InChI=1S/C33H41N7O/c1-24(2)40-21-27(33(41)31-9-8-28(16-32(31)40)37-12-4-5-13-37)20-39(19-26-10-11-36-25(3)15-26)29-7-6-14-38(22-29)30-17-34-23-35-18-30/h8-11,15-18,21,23-24,29H,4-7,12-14,19-20,22H2,1-3H3. The van der Waals surface area contributed by atoms with E-state index in [1.54, 1.807) is 6.33 Å². The van der Waals surface area contributed by atoms with Gasteiger partial charge in [-0.05, 0) is 82.3 Å². The van der Waals surface area contributed by atoms with Gasteiger partial charge in [-0.3, -0.25) is 14.7 Å². The molecule has 2 aliphatic heterocycles. The summed E-state index contributed by atoms with van der Waals surface area (Å²) in [5.41, 5.74) is 6.53. The van der Waals surface area contributed by atoms with Crippen molar-refractivity contribution >= 4 is 22.3 Å². The van der Waals surface area contributed by atoms with E-state index in [0.717, 1.165) is 73.4 Å². The molecule has 4 aromatic rings. The van der Waals surface area contributed by atoms with Gasteiger partial charge in [-0.15, -0.1) is 0 Å². The highest BCUT2D eigenvalue weighted by atomic mass is 16.1. The molecule has 2 saturated heterocycles. The van der Waals surface area contributed by atoms with Gasteiger partial charge in [-0.25, -0.2) is 9.97 Å². The molecule has 8 nitrogen and oxygen atoms in total. The van der Waals surface area contributed by atoms with Crippen LogP contribution in [0.4, 0.5) is 11.4 Å². The molecule has 0 bridgehead atoms. The smallest absolute Gasteiger partial charge is 0.193 e. The van der Waals surface area contributed by atoms with Crippen LogP contribution in [0.5, 0.6) is 0 Å². The first-order valence-corrected chi connectivity index (χ1v) is 15.0. The van der Waals surface area contributed by atoms with Crippen molar-refractivity contribution in [2.75, 3.05) is 36.0 Å². The maximum Gasteiger partial charge on any atom is 0.193 e. The second kappa shape index (κ2) is 12.0. The first kappa shape index (κ1) is 27.4. The fraction of sp³-hybridized carbons (Fsp3) is 0.455. The van der Waals surface area contributed by atoms with Crippen molar-refractivity contribution < 1.29 is 0 Å². The number of hydrogen-bond acceptors (Lipinski definition) is 7. The summed E-state index contributed by atoms with van der Waals surface area (Å²) in [4.78, 5) is 34.3. The number of fused-ring (bicyclic) bond motifs is 1. The molecule has 1 aromatic carbocycles. The number of pyridine rings is 2. The van der Waals surface area contributed by atoms with Crippen LogP contribution < -0.4 is 15.2 Å². The van der Waals surface area contributed by atoms with Crippen molar-refractivity contribution in [1.82, 2.24) is 24.4 Å². The van der Waals surface area contributed by atoms with Gasteiger partial charge in [0.15, 0.2) is 5.43 Å². The lowest BCUT2D eigenvalue weighted by Gasteiger charge is -2.40. The lowest BCUT2D eigenvalue weighted by Crippen LogP contribution is -2.48. The average Bonchev–Trinajstić information content (AvgIpc) is 3.54. The zero-order valence-electron chi connectivity index (χ0n) is 24.5. The number of nitrogens with zero attached hydrogens (tertiary/aromatic N) is 7. The first-order valence-electron chi connectivity index (χ1n) is 15.0. The van der Waals surface area contributed by atoms with Crippen LogP contribution in [-0.2, 0) is 13.1 Å². The molecule has 0 aliphatic carbocycles. The minimum atomic E-state index is 0.143. The molecule has 5 heterocycles. The Labute approximate surface area is 242 Å². The van der Waals surface area contributed by atoms with Gasteiger partial charge in [0.2, 0.25) is 0 Å². The highest BCUT2D eigenvalue weighted by Crippen LogP contribution is 2.28. The fourth-order valence-electron chi connectivity index (χ4n) is 6.52. The van der Waals surface area contributed by atoms with E-state index in [2.05, 4.69) is 84.6 Å². The fourth-order valence-corrected chi connectivity index (χ4v) is 6.52. The van der Waals surface area contributed by atoms with E-state index >= 15 is 0 Å². The van der Waals surface area contributed by atoms with Gasteiger partial charge in [0, 0.05) is 86.1 Å². The molecule has 0 saturated carbocycles. The molecule has 2 aliphatic rings. The molecule has 41 heavy (non-hydrogen) atoms.